The van der Waals surface area contributed by atoms with Gasteiger partial charge in [0.2, 0.25) is 0 Å². The molecule has 0 aliphatic carbocycles. The van der Waals surface area contributed by atoms with Crippen LogP contribution in [0.15, 0.2) is 10.9 Å². The zero-order chi connectivity index (χ0) is 20.2. The highest BCUT2D eigenvalue weighted by Gasteiger charge is 2.74. The number of hydrogen-bond acceptors (Lipinski definition) is 1. The van der Waals surface area contributed by atoms with Crippen LogP contribution in [0.25, 0.3) is 10.9 Å². The van der Waals surface area contributed by atoms with Crippen molar-refractivity contribution in [2.75, 3.05) is 0 Å². The highest BCUT2D eigenvalue weighted by Crippen LogP contribution is 2.55. The van der Waals surface area contributed by atoms with E-state index in [9.17, 15) is 35.5 Å². The van der Waals surface area contributed by atoms with Crippen LogP contribution in [0.3, 0.4) is 0 Å². The van der Waals surface area contributed by atoms with Crippen LogP contribution in [0.2, 0.25) is 5.02 Å². The summed E-state index contributed by atoms with van der Waals surface area (Å²) in [5.41, 5.74) is -8.57. The lowest BCUT2D eigenvalue weighted by molar-refractivity contribution is -0.348. The van der Waals surface area contributed by atoms with E-state index < -0.39 is 45.0 Å². The van der Waals surface area contributed by atoms with Gasteiger partial charge in [0.1, 0.15) is 0 Å². The molecule has 144 valence electrons. The summed E-state index contributed by atoms with van der Waals surface area (Å²) in [4.78, 5) is 15.1. The van der Waals surface area contributed by atoms with E-state index in [0.717, 1.165) is 6.92 Å². The fourth-order valence-electron chi connectivity index (χ4n) is 2.81. The number of fused-ring (bicyclic) bond motifs is 1. The van der Waals surface area contributed by atoms with Crippen LogP contribution in [-0.2, 0) is 12.1 Å². The molecule has 0 unspecified atom stereocenters. The van der Waals surface area contributed by atoms with Gasteiger partial charge in [-0.2, -0.15) is 26.3 Å². The number of benzene rings is 1. The average Bonchev–Trinajstić information content (AvgIpc) is 2.51. The smallest absolute Gasteiger partial charge is 0.357 e. The van der Waals surface area contributed by atoms with E-state index in [4.69, 9.17) is 11.6 Å². The first-order valence-electron chi connectivity index (χ1n) is 7.35. The first-order chi connectivity index (χ1) is 11.7. The van der Waals surface area contributed by atoms with Crippen molar-refractivity contribution in [2.45, 2.75) is 45.2 Å². The van der Waals surface area contributed by atoms with Gasteiger partial charge in [-0.1, -0.05) is 18.5 Å². The summed E-state index contributed by atoms with van der Waals surface area (Å²) in [5.74, 6) is 0. The molecule has 26 heavy (non-hydrogen) atoms. The van der Waals surface area contributed by atoms with E-state index >= 15 is 0 Å². The molecule has 0 radical (unpaired) electrons. The SMILES string of the molecule is CCc1[nH]c2c(Cl)c(C)c(C(F)(C(F)(F)F)C(F)(F)F)cc2c(=O)c1C. The molecule has 10 heteroatoms. The highest BCUT2D eigenvalue weighted by molar-refractivity contribution is 6.36. The second kappa shape index (κ2) is 6.14. The molecule has 2 nitrogen and oxygen atoms in total. The number of nitrogens with one attached hydrogen (secondary N) is 1. The van der Waals surface area contributed by atoms with E-state index in [2.05, 4.69) is 4.98 Å². The summed E-state index contributed by atoms with van der Waals surface area (Å²) in [6.45, 7) is 3.90. The van der Waals surface area contributed by atoms with Gasteiger partial charge in [-0.3, -0.25) is 4.79 Å². The van der Waals surface area contributed by atoms with E-state index in [0.29, 0.717) is 12.1 Å². The van der Waals surface area contributed by atoms with E-state index in [1.807, 2.05) is 0 Å². The summed E-state index contributed by atoms with van der Waals surface area (Å²) < 4.78 is 92.9. The van der Waals surface area contributed by atoms with Gasteiger partial charge in [0.15, 0.2) is 5.43 Å². The molecule has 0 amide bonds. The molecule has 2 aromatic rings. The molecule has 0 aliphatic rings. The molecule has 1 N–H and O–H groups in total. The van der Waals surface area contributed by atoms with Crippen molar-refractivity contribution in [3.8, 4) is 0 Å². The predicted octanol–water partition coefficient (Wildman–Crippen LogP) is 5.65. The summed E-state index contributed by atoms with van der Waals surface area (Å²) in [5, 5.41) is -1.11. The lowest BCUT2D eigenvalue weighted by atomic mass is 9.88. The number of aryl methyl sites for hydroxylation is 1. The van der Waals surface area contributed by atoms with Crippen molar-refractivity contribution in [1.82, 2.24) is 4.98 Å². The summed E-state index contributed by atoms with van der Waals surface area (Å²) in [6, 6.07) is 0.281. The van der Waals surface area contributed by atoms with Gasteiger partial charge in [0.05, 0.1) is 10.5 Å². The maximum Gasteiger partial charge on any atom is 0.435 e. The minimum atomic E-state index is -6.29. The molecule has 0 saturated heterocycles. The van der Waals surface area contributed by atoms with Crippen LogP contribution in [0.5, 0.6) is 0 Å². The molecule has 0 fully saturated rings. The van der Waals surface area contributed by atoms with E-state index in [1.165, 1.54) is 6.92 Å². The van der Waals surface area contributed by atoms with Gasteiger partial charge in [0.25, 0.3) is 0 Å². The van der Waals surface area contributed by atoms with Gasteiger partial charge in [-0.05, 0) is 31.9 Å². The van der Waals surface area contributed by atoms with Crippen LogP contribution in [-0.4, -0.2) is 17.3 Å². The number of pyridine rings is 1. The Morgan fingerprint density at radius 1 is 1.00 bits per heavy atom. The zero-order valence-corrected chi connectivity index (χ0v) is 14.5. The Bertz CT molecular complexity index is 914. The van der Waals surface area contributed by atoms with Gasteiger partial charge in [0, 0.05) is 22.2 Å². The molecule has 0 saturated carbocycles. The summed E-state index contributed by atoms with van der Waals surface area (Å²) in [7, 11) is 0. The van der Waals surface area contributed by atoms with Crippen molar-refractivity contribution >= 4 is 22.5 Å². The van der Waals surface area contributed by atoms with Crippen molar-refractivity contribution in [3.05, 3.63) is 43.7 Å². The Morgan fingerprint density at radius 2 is 1.50 bits per heavy atom. The van der Waals surface area contributed by atoms with Gasteiger partial charge in [-0.15, -0.1) is 0 Å². The molecule has 1 aromatic heterocycles. The highest BCUT2D eigenvalue weighted by atomic mass is 35.5. The first kappa shape index (κ1) is 20.5. The van der Waals surface area contributed by atoms with Crippen molar-refractivity contribution in [3.63, 3.8) is 0 Å². The van der Waals surface area contributed by atoms with E-state index in [-0.39, 0.29) is 17.1 Å². The van der Waals surface area contributed by atoms with Crippen LogP contribution < -0.4 is 5.43 Å². The number of rotatable bonds is 2. The Morgan fingerprint density at radius 3 is 1.92 bits per heavy atom. The van der Waals surface area contributed by atoms with Crippen molar-refractivity contribution in [1.29, 1.82) is 0 Å². The number of aromatic nitrogens is 1. The molecular weight excluding hydrogens is 391 g/mol. The quantitative estimate of drug-likeness (QED) is 0.646. The Balaban J connectivity index is 3.05. The molecule has 1 heterocycles. The van der Waals surface area contributed by atoms with Crippen molar-refractivity contribution < 1.29 is 30.7 Å². The second-order valence-corrected chi connectivity index (χ2v) is 6.23. The van der Waals surface area contributed by atoms with Gasteiger partial charge in [-0.25, -0.2) is 4.39 Å². The first-order valence-corrected chi connectivity index (χ1v) is 7.73. The minimum absolute atomic E-state index is 0.106. The van der Waals surface area contributed by atoms with Crippen LogP contribution in [0.1, 0.15) is 29.3 Å². The molecule has 0 aliphatic heterocycles. The molecule has 0 bridgehead atoms. The third kappa shape index (κ3) is 2.76. The van der Waals surface area contributed by atoms with Gasteiger partial charge >= 0.3 is 18.0 Å². The summed E-state index contributed by atoms with van der Waals surface area (Å²) in [6.07, 6.45) is -12.2. The van der Waals surface area contributed by atoms with E-state index in [1.54, 1.807) is 6.92 Å². The number of alkyl halides is 7. The Kier molecular flexibility index (Phi) is 4.85. The van der Waals surface area contributed by atoms with Crippen LogP contribution in [0, 0.1) is 13.8 Å². The number of aromatic amines is 1. The van der Waals surface area contributed by atoms with Crippen LogP contribution >= 0.6 is 11.6 Å². The maximum atomic E-state index is 14.5. The lowest BCUT2D eigenvalue weighted by Gasteiger charge is -2.32. The fourth-order valence-corrected chi connectivity index (χ4v) is 3.06. The van der Waals surface area contributed by atoms with Gasteiger partial charge < -0.3 is 4.98 Å². The third-order valence-electron chi connectivity index (χ3n) is 4.33. The normalized spacial score (nSPS) is 13.5. The standard InChI is InChI=1S/C16H13ClF7NO/c1-4-10-7(3)13(26)8-5-9(6(2)11(17)12(8)25-10)14(18,15(19,20)21)16(22,23)24/h5H,4H2,1-3H3,(H,25,26). The Labute approximate surface area is 148 Å². The maximum absolute atomic E-state index is 14.5. The molecule has 0 atom stereocenters. The largest absolute Gasteiger partial charge is 0.435 e. The van der Waals surface area contributed by atoms with Crippen LogP contribution in [0.4, 0.5) is 30.7 Å². The number of halogens is 8. The minimum Gasteiger partial charge on any atom is -0.357 e. The average molecular weight is 404 g/mol. The second-order valence-electron chi connectivity index (χ2n) is 5.85. The monoisotopic (exact) mass is 403 g/mol. The summed E-state index contributed by atoms with van der Waals surface area (Å²) >= 11 is 5.92. The Hall–Kier alpha value is -1.77. The molecule has 1 aromatic carbocycles. The zero-order valence-electron chi connectivity index (χ0n) is 13.7. The topological polar surface area (TPSA) is 32.9 Å². The number of hydrogen-bond donors (Lipinski definition) is 1. The fraction of sp³-hybridized carbons (Fsp3) is 0.438. The lowest BCUT2D eigenvalue weighted by Crippen LogP contribution is -2.50. The molecular formula is C16H13ClF7NO. The molecule has 2 rings (SSSR count). The molecule has 0 spiro atoms. The van der Waals surface area contributed by atoms with Crippen molar-refractivity contribution in [2.24, 2.45) is 0 Å². The predicted molar refractivity (Wildman–Crippen MR) is 83.3 cm³/mol. The third-order valence-corrected chi connectivity index (χ3v) is 4.80. The number of H-pyrrole nitrogens is 1.